The molecule has 0 saturated carbocycles. The van der Waals surface area contributed by atoms with Crippen LogP contribution in [-0.4, -0.2) is 40.0 Å². The van der Waals surface area contributed by atoms with Gasteiger partial charge in [-0.15, -0.1) is 0 Å². The maximum absolute atomic E-state index is 13.4. The highest BCUT2D eigenvalue weighted by Gasteiger charge is 2.31. The summed E-state index contributed by atoms with van der Waals surface area (Å²) in [6.07, 6.45) is -4.80. The molecule has 0 aliphatic carbocycles. The standard InChI is InChI=1S/C26H18ClF3N4O6/c1-14(25(36)39-2)40-22-19(27)10-15(11-21(22)34(37)38)13-31-33-23(16-6-5-7-17(12-16)26(28,29)30)32-20-9-4-3-8-18(20)24(33)35/h3-14H,1-2H3/t14-/m1/s1. The number of esters is 1. The average Bonchev–Trinajstić information content (AvgIpc) is 2.92. The van der Waals surface area contributed by atoms with Crippen molar-refractivity contribution in [3.63, 3.8) is 0 Å². The maximum atomic E-state index is 13.4. The molecule has 0 N–H and O–H groups in total. The number of nitro groups is 1. The van der Waals surface area contributed by atoms with E-state index in [9.17, 15) is 32.9 Å². The minimum Gasteiger partial charge on any atom is -0.471 e. The molecule has 0 aliphatic heterocycles. The van der Waals surface area contributed by atoms with Gasteiger partial charge in [-0.25, -0.2) is 9.78 Å². The zero-order chi connectivity index (χ0) is 29.2. The molecule has 1 atom stereocenters. The van der Waals surface area contributed by atoms with Crippen LogP contribution in [-0.2, 0) is 15.7 Å². The Balaban J connectivity index is 1.86. The Morgan fingerprint density at radius 2 is 1.90 bits per heavy atom. The van der Waals surface area contributed by atoms with Gasteiger partial charge in [-0.1, -0.05) is 35.9 Å². The van der Waals surface area contributed by atoms with Crippen LogP contribution in [0.4, 0.5) is 18.9 Å². The van der Waals surface area contributed by atoms with Crippen molar-refractivity contribution in [1.29, 1.82) is 0 Å². The number of methoxy groups -OCH3 is 1. The molecule has 0 radical (unpaired) electrons. The van der Waals surface area contributed by atoms with E-state index in [0.717, 1.165) is 36.2 Å². The van der Waals surface area contributed by atoms with Crippen LogP contribution in [0.5, 0.6) is 5.75 Å². The molecule has 40 heavy (non-hydrogen) atoms. The van der Waals surface area contributed by atoms with Crippen molar-refractivity contribution in [2.75, 3.05) is 7.11 Å². The second-order valence-corrected chi connectivity index (χ2v) is 8.69. The Hall–Kier alpha value is -4.78. The summed E-state index contributed by atoms with van der Waals surface area (Å²) in [6.45, 7) is 1.32. The number of carbonyl (C=O) groups excluding carboxylic acids is 1. The molecule has 0 aliphatic rings. The Morgan fingerprint density at radius 1 is 1.18 bits per heavy atom. The zero-order valence-electron chi connectivity index (χ0n) is 20.7. The van der Waals surface area contributed by atoms with Crippen molar-refractivity contribution < 1.29 is 32.4 Å². The monoisotopic (exact) mass is 574 g/mol. The van der Waals surface area contributed by atoms with Gasteiger partial charge in [0.05, 0.1) is 39.7 Å². The Kier molecular flexibility index (Phi) is 7.86. The topological polar surface area (TPSA) is 126 Å². The third-order valence-corrected chi connectivity index (χ3v) is 5.88. The predicted octanol–water partition coefficient (Wildman–Crippen LogP) is 5.47. The quantitative estimate of drug-likeness (QED) is 0.124. The maximum Gasteiger partial charge on any atom is 0.416 e. The normalized spacial score (nSPS) is 12.4. The number of hydrogen-bond acceptors (Lipinski definition) is 8. The van der Waals surface area contributed by atoms with Crippen LogP contribution in [0, 0.1) is 10.1 Å². The van der Waals surface area contributed by atoms with Crippen molar-refractivity contribution in [3.05, 3.63) is 97.3 Å². The highest BCUT2D eigenvalue weighted by Crippen LogP contribution is 2.37. The lowest BCUT2D eigenvalue weighted by Gasteiger charge is -2.14. The summed E-state index contributed by atoms with van der Waals surface area (Å²) in [5, 5.41) is 15.7. The number of nitro benzene ring substituents is 1. The number of benzene rings is 3. The fourth-order valence-corrected chi connectivity index (χ4v) is 3.96. The number of alkyl halides is 3. The van der Waals surface area contributed by atoms with Crippen molar-refractivity contribution in [1.82, 2.24) is 9.66 Å². The van der Waals surface area contributed by atoms with E-state index in [2.05, 4.69) is 14.8 Å². The lowest BCUT2D eigenvalue weighted by molar-refractivity contribution is -0.386. The Bertz CT molecular complexity index is 1720. The van der Waals surface area contributed by atoms with E-state index in [4.69, 9.17) is 16.3 Å². The molecular weight excluding hydrogens is 557 g/mol. The van der Waals surface area contributed by atoms with E-state index in [1.807, 2.05) is 0 Å². The number of para-hydroxylation sites is 1. The first-order valence-corrected chi connectivity index (χ1v) is 11.7. The van der Waals surface area contributed by atoms with E-state index in [1.165, 1.54) is 37.3 Å². The van der Waals surface area contributed by atoms with Crippen molar-refractivity contribution in [2.24, 2.45) is 5.10 Å². The summed E-state index contributed by atoms with van der Waals surface area (Å²) < 4.78 is 50.8. The van der Waals surface area contributed by atoms with Gasteiger partial charge in [-0.3, -0.25) is 14.9 Å². The Morgan fingerprint density at radius 3 is 2.58 bits per heavy atom. The number of fused-ring (bicyclic) bond motifs is 1. The van der Waals surface area contributed by atoms with E-state index in [1.54, 1.807) is 12.1 Å². The molecule has 0 unspecified atom stereocenters. The molecule has 1 heterocycles. The molecule has 3 aromatic carbocycles. The molecule has 4 aromatic rings. The van der Waals surface area contributed by atoms with Gasteiger partial charge < -0.3 is 9.47 Å². The minimum atomic E-state index is -4.65. The Labute approximate surface area is 228 Å². The first-order valence-electron chi connectivity index (χ1n) is 11.4. The van der Waals surface area contributed by atoms with Crippen LogP contribution in [0.2, 0.25) is 5.02 Å². The van der Waals surface area contributed by atoms with Gasteiger partial charge >= 0.3 is 17.8 Å². The van der Waals surface area contributed by atoms with Gasteiger partial charge in [0.15, 0.2) is 11.9 Å². The van der Waals surface area contributed by atoms with Crippen molar-refractivity contribution in [2.45, 2.75) is 19.2 Å². The third kappa shape index (κ3) is 5.78. The molecule has 10 nitrogen and oxygen atoms in total. The lowest BCUT2D eigenvalue weighted by Crippen LogP contribution is -2.25. The molecule has 0 bridgehead atoms. The van der Waals surface area contributed by atoms with Gasteiger partial charge in [0.25, 0.3) is 5.56 Å². The van der Waals surface area contributed by atoms with E-state index >= 15 is 0 Å². The molecule has 0 amide bonds. The summed E-state index contributed by atoms with van der Waals surface area (Å²) in [4.78, 5) is 40.3. The molecule has 206 valence electrons. The fraction of sp³-hybridized carbons (Fsp3) is 0.154. The molecule has 1 aromatic heterocycles. The first-order chi connectivity index (χ1) is 18.9. The molecule has 14 heteroatoms. The van der Waals surface area contributed by atoms with Crippen LogP contribution in [0.15, 0.2) is 70.6 Å². The highest BCUT2D eigenvalue weighted by molar-refractivity contribution is 6.32. The van der Waals surface area contributed by atoms with Crippen LogP contribution in [0.25, 0.3) is 22.3 Å². The lowest BCUT2D eigenvalue weighted by atomic mass is 10.1. The van der Waals surface area contributed by atoms with Crippen LogP contribution < -0.4 is 10.3 Å². The van der Waals surface area contributed by atoms with E-state index in [-0.39, 0.29) is 32.9 Å². The number of aromatic nitrogens is 2. The SMILES string of the molecule is COC(=O)[C@@H](C)Oc1c(Cl)cc(C=Nn2c(-c3cccc(C(F)(F)F)c3)nc3ccccc3c2=O)cc1[N+](=O)[O-]. The summed E-state index contributed by atoms with van der Waals surface area (Å²) in [7, 11) is 1.12. The molecule has 4 rings (SSSR count). The summed E-state index contributed by atoms with van der Waals surface area (Å²) in [5.74, 6) is -1.38. The third-order valence-electron chi connectivity index (χ3n) is 5.59. The van der Waals surface area contributed by atoms with Gasteiger partial charge in [-0.05, 0) is 37.3 Å². The van der Waals surface area contributed by atoms with Crippen molar-refractivity contribution in [3.8, 4) is 17.1 Å². The van der Waals surface area contributed by atoms with Crippen LogP contribution in [0.3, 0.4) is 0 Å². The average molecular weight is 575 g/mol. The smallest absolute Gasteiger partial charge is 0.416 e. The summed E-state index contributed by atoms with van der Waals surface area (Å²) in [6, 6.07) is 12.7. The molecule has 0 fully saturated rings. The molecular formula is C26H18ClF3N4O6. The van der Waals surface area contributed by atoms with E-state index in [0.29, 0.717) is 0 Å². The largest absolute Gasteiger partial charge is 0.471 e. The van der Waals surface area contributed by atoms with E-state index < -0.39 is 45.7 Å². The minimum absolute atomic E-state index is 0.0422. The van der Waals surface area contributed by atoms with Crippen molar-refractivity contribution >= 4 is 40.4 Å². The van der Waals surface area contributed by atoms with Gasteiger partial charge in [0.2, 0.25) is 5.75 Å². The second-order valence-electron chi connectivity index (χ2n) is 8.28. The van der Waals surface area contributed by atoms with Gasteiger partial charge in [-0.2, -0.15) is 22.9 Å². The van der Waals surface area contributed by atoms with Gasteiger partial charge in [0, 0.05) is 17.2 Å². The molecule has 0 saturated heterocycles. The van der Waals surface area contributed by atoms with Crippen LogP contribution in [0.1, 0.15) is 18.1 Å². The predicted molar refractivity (Wildman–Crippen MR) is 140 cm³/mol. The van der Waals surface area contributed by atoms with Gasteiger partial charge in [0.1, 0.15) is 0 Å². The second kappa shape index (κ2) is 11.1. The number of carbonyl (C=O) groups is 1. The molecule has 0 spiro atoms. The number of halogens is 4. The number of rotatable bonds is 7. The number of hydrogen-bond donors (Lipinski definition) is 0. The fourth-order valence-electron chi connectivity index (χ4n) is 3.69. The zero-order valence-corrected chi connectivity index (χ0v) is 21.4. The first kappa shape index (κ1) is 28.2. The van der Waals surface area contributed by atoms with Crippen LogP contribution >= 0.6 is 11.6 Å². The summed E-state index contributed by atoms with van der Waals surface area (Å²) in [5.41, 5.74) is -2.02. The number of nitrogens with zero attached hydrogens (tertiary/aromatic N) is 4. The number of ether oxygens (including phenoxy) is 2. The summed E-state index contributed by atoms with van der Waals surface area (Å²) >= 11 is 6.22. The highest BCUT2D eigenvalue weighted by atomic mass is 35.5.